The Morgan fingerprint density at radius 1 is 1.13 bits per heavy atom. The maximum absolute atomic E-state index is 5.72. The van der Waals surface area contributed by atoms with Gasteiger partial charge in [0.05, 0.1) is 6.61 Å². The van der Waals surface area contributed by atoms with Crippen LogP contribution in [0, 0.1) is 0 Å². The van der Waals surface area contributed by atoms with Crippen LogP contribution < -0.4 is 10.5 Å². The molecule has 0 bridgehead atoms. The second-order valence-corrected chi connectivity index (χ2v) is 5.52. The van der Waals surface area contributed by atoms with Gasteiger partial charge in [-0.1, -0.05) is 49.9 Å². The van der Waals surface area contributed by atoms with Crippen LogP contribution in [0.25, 0.3) is 12.2 Å². The second-order valence-electron chi connectivity index (χ2n) is 5.52. The highest BCUT2D eigenvalue weighted by Gasteiger charge is 2.02. The van der Waals surface area contributed by atoms with Gasteiger partial charge in [-0.05, 0) is 60.2 Å². The van der Waals surface area contributed by atoms with Gasteiger partial charge in [-0.15, -0.1) is 0 Å². The number of allylic oxidation sites excluding steroid dienone is 1. The maximum Gasteiger partial charge on any atom is 0.119 e. The summed E-state index contributed by atoms with van der Waals surface area (Å²) in [5.74, 6) is 0.940. The van der Waals surface area contributed by atoms with Gasteiger partial charge in [-0.25, -0.2) is 0 Å². The molecule has 0 aliphatic heterocycles. The van der Waals surface area contributed by atoms with Gasteiger partial charge < -0.3 is 10.5 Å². The van der Waals surface area contributed by atoms with Crippen LogP contribution in [-0.2, 0) is 6.42 Å². The summed E-state index contributed by atoms with van der Waals surface area (Å²) >= 11 is 0. The Morgan fingerprint density at radius 2 is 1.91 bits per heavy atom. The highest BCUT2D eigenvalue weighted by molar-refractivity contribution is 5.55. The fourth-order valence-corrected chi connectivity index (χ4v) is 2.37. The number of hydrogen-bond donors (Lipinski definition) is 1. The summed E-state index contributed by atoms with van der Waals surface area (Å²) in [6.07, 6.45) is 9.19. The van der Waals surface area contributed by atoms with Crippen LogP contribution in [0.3, 0.4) is 0 Å². The summed E-state index contributed by atoms with van der Waals surface area (Å²) in [6.45, 7) is 6.76. The van der Waals surface area contributed by atoms with Gasteiger partial charge in [-0.2, -0.15) is 0 Å². The first-order chi connectivity index (χ1) is 11.2. The molecule has 0 aromatic heterocycles. The monoisotopic (exact) mass is 307 g/mol. The minimum absolute atomic E-state index is 0.754. The second kappa shape index (κ2) is 8.84. The third kappa shape index (κ3) is 5.33. The predicted molar refractivity (Wildman–Crippen MR) is 101 cm³/mol. The summed E-state index contributed by atoms with van der Waals surface area (Å²) in [6, 6.07) is 14.1. The summed E-state index contributed by atoms with van der Waals surface area (Å²) < 4.78 is 5.72. The highest BCUT2D eigenvalue weighted by atomic mass is 16.5. The van der Waals surface area contributed by atoms with Crippen molar-refractivity contribution in [3.8, 4) is 5.75 Å². The number of nitrogens with two attached hydrogens (primary N) is 1. The zero-order valence-electron chi connectivity index (χ0n) is 13.8. The molecule has 120 valence electrons. The van der Waals surface area contributed by atoms with E-state index in [9.17, 15) is 0 Å². The smallest absolute Gasteiger partial charge is 0.119 e. The quantitative estimate of drug-likeness (QED) is 0.667. The van der Waals surface area contributed by atoms with Crippen molar-refractivity contribution in [3.05, 3.63) is 71.8 Å². The van der Waals surface area contributed by atoms with Crippen molar-refractivity contribution in [2.45, 2.75) is 26.2 Å². The predicted octanol–water partition coefficient (Wildman–Crippen LogP) is 5.35. The van der Waals surface area contributed by atoms with Crippen molar-refractivity contribution in [2.24, 2.45) is 0 Å². The summed E-state index contributed by atoms with van der Waals surface area (Å²) in [5, 5.41) is 0. The fraction of sp³-hybridized carbons (Fsp3) is 0.238. The lowest BCUT2D eigenvalue weighted by Crippen LogP contribution is -1.97. The number of benzene rings is 2. The summed E-state index contributed by atoms with van der Waals surface area (Å²) in [4.78, 5) is 0. The van der Waals surface area contributed by atoms with Gasteiger partial charge in [0.25, 0.3) is 0 Å². The minimum atomic E-state index is 0.754. The Labute approximate surface area is 139 Å². The van der Waals surface area contributed by atoms with E-state index in [2.05, 4.69) is 37.8 Å². The van der Waals surface area contributed by atoms with E-state index in [1.807, 2.05) is 36.4 Å². The van der Waals surface area contributed by atoms with Gasteiger partial charge in [0.2, 0.25) is 0 Å². The average Bonchev–Trinajstić information content (AvgIpc) is 2.58. The third-order valence-corrected chi connectivity index (χ3v) is 3.63. The van der Waals surface area contributed by atoms with Crippen LogP contribution in [0.4, 0.5) is 5.69 Å². The van der Waals surface area contributed by atoms with Gasteiger partial charge in [-0.3, -0.25) is 0 Å². The third-order valence-electron chi connectivity index (χ3n) is 3.63. The highest BCUT2D eigenvalue weighted by Crippen LogP contribution is 2.21. The molecule has 0 amide bonds. The van der Waals surface area contributed by atoms with E-state index in [-0.39, 0.29) is 0 Å². The van der Waals surface area contributed by atoms with E-state index >= 15 is 0 Å². The van der Waals surface area contributed by atoms with Crippen molar-refractivity contribution in [1.82, 2.24) is 0 Å². The molecule has 2 aromatic carbocycles. The number of aryl methyl sites for hydroxylation is 1. The van der Waals surface area contributed by atoms with Gasteiger partial charge in [0.15, 0.2) is 0 Å². The SMILES string of the molecule is C=Cc1ccc(OCCC)cc1CC/C=C/c1ccc(N)cc1. The van der Waals surface area contributed by atoms with Gasteiger partial charge in [0.1, 0.15) is 5.75 Å². The van der Waals surface area contributed by atoms with E-state index in [4.69, 9.17) is 10.5 Å². The Morgan fingerprint density at radius 3 is 2.61 bits per heavy atom. The summed E-state index contributed by atoms with van der Waals surface area (Å²) in [7, 11) is 0. The molecule has 0 aliphatic carbocycles. The molecule has 23 heavy (non-hydrogen) atoms. The van der Waals surface area contributed by atoms with E-state index in [0.717, 1.165) is 37.3 Å². The molecule has 0 atom stereocenters. The molecule has 0 unspecified atom stereocenters. The molecule has 2 aromatic rings. The standard InChI is InChI=1S/C21H25NO/c1-3-15-23-21-14-11-18(4-2)19(16-21)8-6-5-7-17-9-12-20(22)13-10-17/h4-5,7,9-14,16H,2-3,6,8,15,22H2,1H3/b7-5+. The normalized spacial score (nSPS) is 10.8. The lowest BCUT2D eigenvalue weighted by molar-refractivity contribution is 0.317. The molecule has 0 fully saturated rings. The maximum atomic E-state index is 5.72. The van der Waals surface area contributed by atoms with Gasteiger partial charge >= 0.3 is 0 Å². The molecular weight excluding hydrogens is 282 g/mol. The minimum Gasteiger partial charge on any atom is -0.494 e. The number of anilines is 1. The van der Waals surface area contributed by atoms with Gasteiger partial charge in [0, 0.05) is 5.69 Å². The molecule has 0 aliphatic rings. The van der Waals surface area contributed by atoms with E-state index in [1.54, 1.807) is 0 Å². The van der Waals surface area contributed by atoms with Crippen molar-refractivity contribution in [1.29, 1.82) is 0 Å². The van der Waals surface area contributed by atoms with E-state index in [0.29, 0.717) is 0 Å². The Bertz CT molecular complexity index is 656. The zero-order valence-corrected chi connectivity index (χ0v) is 13.8. The van der Waals surface area contributed by atoms with Crippen molar-refractivity contribution >= 4 is 17.8 Å². The first kappa shape index (κ1) is 16.9. The van der Waals surface area contributed by atoms with Crippen molar-refractivity contribution < 1.29 is 4.74 Å². The lowest BCUT2D eigenvalue weighted by Gasteiger charge is -2.09. The molecular formula is C21H25NO. The van der Waals surface area contributed by atoms with Crippen LogP contribution in [0.1, 0.15) is 36.5 Å². The first-order valence-electron chi connectivity index (χ1n) is 8.13. The number of hydrogen-bond acceptors (Lipinski definition) is 2. The average molecular weight is 307 g/mol. The largest absolute Gasteiger partial charge is 0.494 e. The zero-order chi connectivity index (χ0) is 16.5. The van der Waals surface area contributed by atoms with E-state index in [1.165, 1.54) is 16.7 Å². The molecule has 2 rings (SSSR count). The molecule has 2 nitrogen and oxygen atoms in total. The van der Waals surface area contributed by atoms with Crippen LogP contribution in [-0.4, -0.2) is 6.61 Å². The molecule has 2 N–H and O–H groups in total. The first-order valence-corrected chi connectivity index (χ1v) is 8.13. The van der Waals surface area contributed by atoms with Crippen LogP contribution in [0.5, 0.6) is 5.75 Å². The Hall–Kier alpha value is -2.48. The molecule has 0 saturated heterocycles. The Kier molecular flexibility index (Phi) is 6.49. The molecule has 0 saturated carbocycles. The molecule has 2 heteroatoms. The van der Waals surface area contributed by atoms with Crippen LogP contribution in [0.2, 0.25) is 0 Å². The number of nitrogen functional groups attached to an aromatic ring is 1. The summed E-state index contributed by atoms with van der Waals surface area (Å²) in [5.41, 5.74) is 10.1. The fourth-order valence-electron chi connectivity index (χ4n) is 2.37. The molecule has 0 heterocycles. The number of ether oxygens (including phenoxy) is 1. The lowest BCUT2D eigenvalue weighted by atomic mass is 10.0. The van der Waals surface area contributed by atoms with Crippen molar-refractivity contribution in [2.75, 3.05) is 12.3 Å². The number of rotatable bonds is 8. The van der Waals surface area contributed by atoms with E-state index < -0.39 is 0 Å². The topological polar surface area (TPSA) is 35.2 Å². The molecule has 0 spiro atoms. The molecule has 0 radical (unpaired) electrons. The van der Waals surface area contributed by atoms with Crippen LogP contribution in [0.15, 0.2) is 55.1 Å². The van der Waals surface area contributed by atoms with Crippen LogP contribution >= 0.6 is 0 Å². The Balaban J connectivity index is 1.98. The van der Waals surface area contributed by atoms with Crippen molar-refractivity contribution in [3.63, 3.8) is 0 Å².